The van der Waals surface area contributed by atoms with E-state index in [-0.39, 0.29) is 12.1 Å². The third-order valence-electron chi connectivity index (χ3n) is 6.75. The Hall–Kier alpha value is -2.35. The van der Waals surface area contributed by atoms with Crippen molar-refractivity contribution < 1.29 is 9.53 Å². The fraction of sp³-hybridized carbons (Fsp3) is 0.682. The van der Waals surface area contributed by atoms with Crippen LogP contribution in [-0.4, -0.2) is 51.7 Å². The molecule has 8 heteroatoms. The molecule has 1 saturated heterocycles. The van der Waals surface area contributed by atoms with Crippen LogP contribution in [0.1, 0.15) is 68.1 Å². The molecule has 1 aliphatic carbocycles. The molecule has 1 atom stereocenters. The van der Waals surface area contributed by atoms with Crippen LogP contribution >= 0.6 is 0 Å². The van der Waals surface area contributed by atoms with E-state index in [1.54, 1.807) is 0 Å². The fourth-order valence-corrected chi connectivity index (χ4v) is 5.22. The van der Waals surface area contributed by atoms with Crippen LogP contribution in [0.15, 0.2) is 0 Å². The summed E-state index contributed by atoms with van der Waals surface area (Å²) in [7, 11) is 0. The summed E-state index contributed by atoms with van der Waals surface area (Å²) in [5, 5.41) is 3.10. The van der Waals surface area contributed by atoms with E-state index in [0.29, 0.717) is 25.6 Å². The molecule has 0 spiro atoms. The summed E-state index contributed by atoms with van der Waals surface area (Å²) in [5.74, 6) is 1.49. The first-order valence-electron chi connectivity index (χ1n) is 11.5. The molecule has 1 fully saturated rings. The molecule has 2 aliphatic heterocycles. The van der Waals surface area contributed by atoms with Crippen LogP contribution in [-0.2, 0) is 24.2 Å². The highest BCUT2D eigenvalue weighted by Gasteiger charge is 2.29. The monoisotopic (exact) mass is 412 g/mol. The second-order valence-corrected chi connectivity index (χ2v) is 8.82. The van der Waals surface area contributed by atoms with Crippen LogP contribution < -0.4 is 11.1 Å². The third-order valence-corrected chi connectivity index (χ3v) is 6.75. The lowest BCUT2D eigenvalue weighted by Gasteiger charge is -2.28. The number of piperidine rings is 1. The predicted molar refractivity (Wildman–Crippen MR) is 115 cm³/mol. The van der Waals surface area contributed by atoms with Gasteiger partial charge < -0.3 is 25.3 Å². The van der Waals surface area contributed by atoms with Gasteiger partial charge in [-0.25, -0.2) is 14.8 Å². The zero-order valence-corrected chi connectivity index (χ0v) is 17.7. The Morgan fingerprint density at radius 1 is 1.13 bits per heavy atom. The van der Waals surface area contributed by atoms with Crippen molar-refractivity contribution in [3.63, 3.8) is 0 Å². The number of amides is 2. The Morgan fingerprint density at radius 3 is 2.83 bits per heavy atom. The van der Waals surface area contributed by atoms with Crippen molar-refractivity contribution in [3.05, 3.63) is 17.1 Å². The summed E-state index contributed by atoms with van der Waals surface area (Å²) in [5.41, 5.74) is 10.8. The smallest absolute Gasteiger partial charge is 0.317 e. The van der Waals surface area contributed by atoms with Gasteiger partial charge in [-0.15, -0.1) is 0 Å². The number of imidazole rings is 1. The summed E-state index contributed by atoms with van der Waals surface area (Å²) in [6.45, 7) is 3.65. The molecule has 2 aromatic rings. The van der Waals surface area contributed by atoms with Crippen molar-refractivity contribution in [3.8, 4) is 0 Å². The highest BCUT2D eigenvalue weighted by atomic mass is 16.5. The number of carbonyl (C=O) groups is 1. The average molecular weight is 413 g/mol. The van der Waals surface area contributed by atoms with Gasteiger partial charge in [0.1, 0.15) is 17.9 Å². The number of nitrogen functional groups attached to an aromatic ring is 1. The molecule has 0 unspecified atom stereocenters. The van der Waals surface area contributed by atoms with Gasteiger partial charge in [-0.1, -0.05) is 0 Å². The SMILES string of the molecule is Nc1nc2c(c3c1nc1n3[C@@H](CCCNC(=O)N3CCCCC3)COC1)CCCC2. The number of hydrogen-bond donors (Lipinski definition) is 2. The maximum atomic E-state index is 12.3. The molecule has 0 aromatic carbocycles. The van der Waals surface area contributed by atoms with Gasteiger partial charge in [-0.05, 0) is 63.4 Å². The molecular formula is C22H32N6O2. The number of carbonyl (C=O) groups excluding carboxylic acids is 1. The Labute approximate surface area is 177 Å². The summed E-state index contributed by atoms with van der Waals surface area (Å²) < 4.78 is 8.22. The van der Waals surface area contributed by atoms with E-state index in [1.165, 1.54) is 30.3 Å². The molecule has 5 rings (SSSR count). The van der Waals surface area contributed by atoms with E-state index >= 15 is 0 Å². The van der Waals surface area contributed by atoms with Gasteiger partial charge >= 0.3 is 6.03 Å². The van der Waals surface area contributed by atoms with E-state index in [9.17, 15) is 4.79 Å². The predicted octanol–water partition coefficient (Wildman–Crippen LogP) is 2.94. The van der Waals surface area contributed by atoms with Gasteiger partial charge in [0.05, 0.1) is 18.2 Å². The van der Waals surface area contributed by atoms with Crippen LogP contribution in [0.4, 0.5) is 10.6 Å². The van der Waals surface area contributed by atoms with Crippen molar-refractivity contribution in [1.82, 2.24) is 24.8 Å². The number of aryl methyl sites for hydroxylation is 2. The van der Waals surface area contributed by atoms with Crippen molar-refractivity contribution in [2.24, 2.45) is 0 Å². The topological polar surface area (TPSA) is 98.3 Å². The second-order valence-electron chi connectivity index (χ2n) is 8.82. The number of ether oxygens (including phenoxy) is 1. The number of pyridine rings is 1. The summed E-state index contributed by atoms with van der Waals surface area (Å²) in [4.78, 5) is 23.7. The number of aromatic nitrogens is 3. The first kappa shape index (κ1) is 19.6. The van der Waals surface area contributed by atoms with Gasteiger partial charge in [0.15, 0.2) is 5.82 Å². The van der Waals surface area contributed by atoms with Crippen LogP contribution in [0.3, 0.4) is 0 Å². The Kier molecular flexibility index (Phi) is 5.50. The van der Waals surface area contributed by atoms with Crippen LogP contribution in [0, 0.1) is 0 Å². The van der Waals surface area contributed by atoms with Gasteiger partial charge in [0.2, 0.25) is 0 Å². The first-order chi connectivity index (χ1) is 14.7. The lowest BCUT2D eigenvalue weighted by Crippen LogP contribution is -2.43. The number of urea groups is 1. The number of nitrogens with two attached hydrogens (primary N) is 1. The van der Waals surface area contributed by atoms with E-state index in [0.717, 1.165) is 68.6 Å². The molecule has 0 saturated carbocycles. The normalized spacial score (nSPS) is 21.3. The number of anilines is 1. The number of nitrogens with zero attached hydrogens (tertiary/aromatic N) is 4. The van der Waals surface area contributed by atoms with Gasteiger partial charge in [-0.3, -0.25) is 0 Å². The average Bonchev–Trinajstić information content (AvgIpc) is 3.19. The molecule has 2 amide bonds. The second kappa shape index (κ2) is 8.41. The first-order valence-corrected chi connectivity index (χ1v) is 11.5. The summed E-state index contributed by atoms with van der Waals surface area (Å²) >= 11 is 0. The van der Waals surface area contributed by atoms with Crippen LogP contribution in [0.5, 0.6) is 0 Å². The molecule has 162 valence electrons. The highest BCUT2D eigenvalue weighted by molar-refractivity contribution is 5.89. The lowest BCUT2D eigenvalue weighted by molar-refractivity contribution is 0.0532. The quantitative estimate of drug-likeness (QED) is 0.753. The van der Waals surface area contributed by atoms with E-state index < -0.39 is 0 Å². The zero-order chi connectivity index (χ0) is 20.5. The highest BCUT2D eigenvalue weighted by Crippen LogP contribution is 2.36. The molecule has 4 heterocycles. The molecule has 0 bridgehead atoms. The molecule has 2 aromatic heterocycles. The van der Waals surface area contributed by atoms with Crippen molar-refractivity contribution >= 4 is 22.9 Å². The van der Waals surface area contributed by atoms with Crippen LogP contribution in [0.2, 0.25) is 0 Å². The minimum Gasteiger partial charge on any atom is -0.382 e. The van der Waals surface area contributed by atoms with Crippen molar-refractivity contribution in [1.29, 1.82) is 0 Å². The van der Waals surface area contributed by atoms with E-state index in [2.05, 4.69) is 14.9 Å². The van der Waals surface area contributed by atoms with Gasteiger partial charge in [-0.2, -0.15) is 0 Å². The number of fused-ring (bicyclic) bond motifs is 5. The standard InChI is InChI=1S/C22H32N6O2/c23-21-19-20(16-8-2-3-9-17(16)25-21)28-15(13-30-14-18(28)26-19)7-6-10-24-22(29)27-11-4-1-5-12-27/h15H,1-14H2,(H2,23,25)(H,24,29)/t15-/m0/s1. The van der Waals surface area contributed by atoms with Crippen molar-refractivity contribution in [2.45, 2.75) is 70.4 Å². The molecule has 3 N–H and O–H groups in total. The number of rotatable bonds is 4. The van der Waals surface area contributed by atoms with Crippen molar-refractivity contribution in [2.75, 3.05) is 32.0 Å². The maximum Gasteiger partial charge on any atom is 0.317 e. The third kappa shape index (κ3) is 3.62. The van der Waals surface area contributed by atoms with Gasteiger partial charge in [0.25, 0.3) is 0 Å². The number of likely N-dealkylation sites (tertiary alicyclic amines) is 1. The fourth-order valence-electron chi connectivity index (χ4n) is 5.22. The minimum atomic E-state index is 0.0799. The number of hydrogen-bond acceptors (Lipinski definition) is 5. The summed E-state index contributed by atoms with van der Waals surface area (Å²) in [6, 6.07) is 0.301. The largest absolute Gasteiger partial charge is 0.382 e. The Morgan fingerprint density at radius 2 is 1.97 bits per heavy atom. The lowest BCUT2D eigenvalue weighted by atomic mass is 9.94. The molecule has 3 aliphatic rings. The number of nitrogens with one attached hydrogen (secondary N) is 1. The molecule has 8 nitrogen and oxygen atoms in total. The molecular weight excluding hydrogens is 380 g/mol. The summed E-state index contributed by atoms with van der Waals surface area (Å²) in [6.07, 6.45) is 9.73. The van der Waals surface area contributed by atoms with E-state index in [4.69, 9.17) is 15.5 Å². The van der Waals surface area contributed by atoms with Crippen LogP contribution in [0.25, 0.3) is 11.0 Å². The maximum absolute atomic E-state index is 12.3. The van der Waals surface area contributed by atoms with E-state index in [1.807, 2.05) is 4.90 Å². The Balaban J connectivity index is 1.31. The minimum absolute atomic E-state index is 0.0799. The molecule has 30 heavy (non-hydrogen) atoms. The Bertz CT molecular complexity index is 934. The molecule has 0 radical (unpaired) electrons. The zero-order valence-electron chi connectivity index (χ0n) is 17.7. The van der Waals surface area contributed by atoms with Gasteiger partial charge in [0, 0.05) is 25.3 Å².